The Bertz CT molecular complexity index is 249. The quantitative estimate of drug-likeness (QED) is 0.653. The van der Waals surface area contributed by atoms with Crippen molar-refractivity contribution in [1.29, 1.82) is 0 Å². The van der Waals surface area contributed by atoms with Crippen molar-refractivity contribution in [1.82, 2.24) is 5.32 Å². The number of ether oxygens (including phenoxy) is 2. The first-order valence-electron chi connectivity index (χ1n) is 5.66. The van der Waals surface area contributed by atoms with Gasteiger partial charge in [-0.15, -0.1) is 0 Å². The molecule has 1 atom stereocenters. The summed E-state index contributed by atoms with van der Waals surface area (Å²) in [5, 5.41) is 3.28. The van der Waals surface area contributed by atoms with Crippen molar-refractivity contribution in [2.75, 3.05) is 26.9 Å². The van der Waals surface area contributed by atoms with Gasteiger partial charge >= 0.3 is 0 Å². The van der Waals surface area contributed by atoms with Crippen LogP contribution >= 0.6 is 0 Å². The number of furan rings is 1. The molecule has 0 aliphatic heterocycles. The van der Waals surface area contributed by atoms with Crippen LogP contribution < -0.4 is 5.32 Å². The van der Waals surface area contributed by atoms with Gasteiger partial charge in [-0.05, 0) is 25.5 Å². The van der Waals surface area contributed by atoms with E-state index in [0.717, 1.165) is 38.5 Å². The fraction of sp³-hybridized carbons (Fsp3) is 0.667. The molecule has 4 heteroatoms. The van der Waals surface area contributed by atoms with E-state index in [-0.39, 0.29) is 6.10 Å². The van der Waals surface area contributed by atoms with Gasteiger partial charge in [0.15, 0.2) is 0 Å². The first-order chi connectivity index (χ1) is 7.83. The Morgan fingerprint density at radius 2 is 2.31 bits per heavy atom. The normalized spacial score (nSPS) is 12.9. The SMILES string of the molecule is COCCCOC(C)CNCc1ccco1. The molecular weight excluding hydrogens is 206 g/mol. The predicted molar refractivity (Wildman–Crippen MR) is 62.3 cm³/mol. The minimum absolute atomic E-state index is 0.215. The average molecular weight is 227 g/mol. The van der Waals surface area contributed by atoms with E-state index in [1.807, 2.05) is 12.1 Å². The van der Waals surface area contributed by atoms with Crippen LogP contribution in [-0.2, 0) is 16.0 Å². The topological polar surface area (TPSA) is 43.6 Å². The largest absolute Gasteiger partial charge is 0.468 e. The van der Waals surface area contributed by atoms with Crippen LogP contribution in [0.3, 0.4) is 0 Å². The Morgan fingerprint density at radius 1 is 1.44 bits per heavy atom. The third-order valence-electron chi connectivity index (χ3n) is 2.21. The summed E-state index contributed by atoms with van der Waals surface area (Å²) >= 11 is 0. The number of nitrogens with one attached hydrogen (secondary N) is 1. The molecule has 1 rings (SSSR count). The first kappa shape index (κ1) is 13.2. The molecule has 1 unspecified atom stereocenters. The molecule has 0 aromatic carbocycles. The number of hydrogen-bond acceptors (Lipinski definition) is 4. The molecule has 1 heterocycles. The molecule has 0 amide bonds. The van der Waals surface area contributed by atoms with E-state index in [9.17, 15) is 0 Å². The third kappa shape index (κ3) is 5.90. The van der Waals surface area contributed by atoms with Crippen molar-refractivity contribution in [2.24, 2.45) is 0 Å². The van der Waals surface area contributed by atoms with Crippen LogP contribution in [0.2, 0.25) is 0 Å². The van der Waals surface area contributed by atoms with Crippen LogP contribution in [0.4, 0.5) is 0 Å². The fourth-order valence-electron chi connectivity index (χ4n) is 1.36. The molecule has 0 aliphatic rings. The van der Waals surface area contributed by atoms with Gasteiger partial charge in [-0.2, -0.15) is 0 Å². The van der Waals surface area contributed by atoms with Crippen molar-refractivity contribution in [2.45, 2.75) is 26.0 Å². The van der Waals surface area contributed by atoms with E-state index in [4.69, 9.17) is 13.9 Å². The van der Waals surface area contributed by atoms with Gasteiger partial charge in [0.2, 0.25) is 0 Å². The molecule has 92 valence electrons. The lowest BCUT2D eigenvalue weighted by atomic mass is 10.3. The Morgan fingerprint density at radius 3 is 3.00 bits per heavy atom. The minimum atomic E-state index is 0.215. The molecule has 0 saturated carbocycles. The average Bonchev–Trinajstić information content (AvgIpc) is 2.77. The van der Waals surface area contributed by atoms with Crippen molar-refractivity contribution in [3.63, 3.8) is 0 Å². The van der Waals surface area contributed by atoms with Crippen LogP contribution in [0, 0.1) is 0 Å². The molecule has 0 radical (unpaired) electrons. The van der Waals surface area contributed by atoms with Crippen LogP contribution in [-0.4, -0.2) is 33.0 Å². The molecule has 0 spiro atoms. The van der Waals surface area contributed by atoms with Gasteiger partial charge in [0.1, 0.15) is 5.76 Å². The zero-order chi connectivity index (χ0) is 11.6. The van der Waals surface area contributed by atoms with Crippen LogP contribution in [0.1, 0.15) is 19.1 Å². The van der Waals surface area contributed by atoms with Gasteiger partial charge in [-0.25, -0.2) is 0 Å². The van der Waals surface area contributed by atoms with Crippen molar-refractivity contribution < 1.29 is 13.9 Å². The second kappa shape index (κ2) is 8.33. The Labute approximate surface area is 96.9 Å². The molecule has 4 nitrogen and oxygen atoms in total. The smallest absolute Gasteiger partial charge is 0.117 e. The summed E-state index contributed by atoms with van der Waals surface area (Å²) in [5.41, 5.74) is 0. The summed E-state index contributed by atoms with van der Waals surface area (Å²) in [7, 11) is 1.70. The van der Waals surface area contributed by atoms with Gasteiger partial charge in [0.05, 0.1) is 18.9 Å². The zero-order valence-corrected chi connectivity index (χ0v) is 10.1. The van der Waals surface area contributed by atoms with E-state index >= 15 is 0 Å². The van der Waals surface area contributed by atoms with E-state index in [0.29, 0.717) is 0 Å². The standard InChI is InChI=1S/C12H21NO3/c1-11(15-8-4-6-14-2)9-13-10-12-5-3-7-16-12/h3,5,7,11,13H,4,6,8-10H2,1-2H3. The number of methoxy groups -OCH3 is 1. The maximum atomic E-state index is 5.59. The maximum absolute atomic E-state index is 5.59. The molecule has 0 fully saturated rings. The molecule has 0 aliphatic carbocycles. The third-order valence-corrected chi connectivity index (χ3v) is 2.21. The summed E-state index contributed by atoms with van der Waals surface area (Å²) in [6.45, 7) is 5.14. The summed E-state index contributed by atoms with van der Waals surface area (Å²) < 4.78 is 15.7. The van der Waals surface area contributed by atoms with Gasteiger partial charge in [0, 0.05) is 26.9 Å². The van der Waals surface area contributed by atoms with Gasteiger partial charge < -0.3 is 19.2 Å². The van der Waals surface area contributed by atoms with Crippen LogP contribution in [0.15, 0.2) is 22.8 Å². The molecular formula is C12H21NO3. The lowest BCUT2D eigenvalue weighted by molar-refractivity contribution is 0.0501. The summed E-state index contributed by atoms with van der Waals surface area (Å²) in [4.78, 5) is 0. The lowest BCUT2D eigenvalue weighted by Crippen LogP contribution is -2.26. The Hall–Kier alpha value is -0.840. The summed E-state index contributed by atoms with van der Waals surface area (Å²) in [6, 6.07) is 3.85. The van der Waals surface area contributed by atoms with Gasteiger partial charge in [-0.1, -0.05) is 0 Å². The second-order valence-corrected chi connectivity index (χ2v) is 3.74. The van der Waals surface area contributed by atoms with E-state index in [1.165, 1.54) is 0 Å². The highest BCUT2D eigenvalue weighted by Crippen LogP contribution is 1.99. The molecule has 16 heavy (non-hydrogen) atoms. The second-order valence-electron chi connectivity index (χ2n) is 3.74. The highest BCUT2D eigenvalue weighted by molar-refractivity contribution is 4.97. The Balaban J connectivity index is 1.95. The Kier molecular flexibility index (Phi) is 6.88. The van der Waals surface area contributed by atoms with Crippen LogP contribution in [0.5, 0.6) is 0 Å². The first-order valence-corrected chi connectivity index (χ1v) is 5.66. The highest BCUT2D eigenvalue weighted by atomic mass is 16.5. The summed E-state index contributed by atoms with van der Waals surface area (Å²) in [5.74, 6) is 0.951. The van der Waals surface area contributed by atoms with Crippen LogP contribution in [0.25, 0.3) is 0 Å². The monoisotopic (exact) mass is 227 g/mol. The molecule has 0 bridgehead atoms. The zero-order valence-electron chi connectivity index (χ0n) is 10.1. The molecule has 1 N–H and O–H groups in total. The minimum Gasteiger partial charge on any atom is -0.468 e. The summed E-state index contributed by atoms with van der Waals surface area (Å²) in [6.07, 6.45) is 2.84. The lowest BCUT2D eigenvalue weighted by Gasteiger charge is -2.13. The van der Waals surface area contributed by atoms with Gasteiger partial charge in [-0.3, -0.25) is 0 Å². The van der Waals surface area contributed by atoms with E-state index in [1.54, 1.807) is 13.4 Å². The van der Waals surface area contributed by atoms with E-state index in [2.05, 4.69) is 12.2 Å². The van der Waals surface area contributed by atoms with Crippen molar-refractivity contribution in [3.8, 4) is 0 Å². The van der Waals surface area contributed by atoms with Crippen molar-refractivity contribution in [3.05, 3.63) is 24.2 Å². The fourth-order valence-corrected chi connectivity index (χ4v) is 1.36. The molecule has 0 saturated heterocycles. The number of hydrogen-bond donors (Lipinski definition) is 1. The van der Waals surface area contributed by atoms with E-state index < -0.39 is 0 Å². The maximum Gasteiger partial charge on any atom is 0.117 e. The van der Waals surface area contributed by atoms with Crippen molar-refractivity contribution >= 4 is 0 Å². The molecule has 1 aromatic heterocycles. The number of rotatable bonds is 9. The highest BCUT2D eigenvalue weighted by Gasteiger charge is 2.02. The predicted octanol–water partition coefficient (Wildman–Crippen LogP) is 1.81. The van der Waals surface area contributed by atoms with Gasteiger partial charge in [0.25, 0.3) is 0 Å². The molecule has 1 aromatic rings.